The van der Waals surface area contributed by atoms with Gasteiger partial charge in [0.25, 0.3) is 11.8 Å². The van der Waals surface area contributed by atoms with Crippen LogP contribution in [0.5, 0.6) is 0 Å². The Morgan fingerprint density at radius 2 is 1.62 bits per heavy atom. The first-order chi connectivity index (χ1) is 20.4. The van der Waals surface area contributed by atoms with Crippen molar-refractivity contribution in [1.29, 1.82) is 0 Å². The zero-order valence-electron chi connectivity index (χ0n) is 23.1. The number of piperidine rings is 2. The van der Waals surface area contributed by atoms with E-state index in [1.54, 1.807) is 9.80 Å². The number of nitrogens with zero attached hydrogens (tertiary/aromatic N) is 3. The maximum atomic E-state index is 15.6. The first-order valence-corrected chi connectivity index (χ1v) is 14.5. The molecule has 4 aliphatic heterocycles. The van der Waals surface area contributed by atoms with Gasteiger partial charge in [-0.05, 0) is 73.2 Å². The van der Waals surface area contributed by atoms with E-state index in [1.807, 2.05) is 54.6 Å². The number of anilines is 1. The second kappa shape index (κ2) is 10.5. The quantitative estimate of drug-likeness (QED) is 0.470. The van der Waals surface area contributed by atoms with E-state index in [2.05, 4.69) is 16.3 Å². The van der Waals surface area contributed by atoms with Gasteiger partial charge in [0.1, 0.15) is 11.9 Å². The van der Waals surface area contributed by atoms with Crippen LogP contribution >= 0.6 is 0 Å². The Morgan fingerprint density at radius 3 is 2.38 bits per heavy atom. The van der Waals surface area contributed by atoms with Gasteiger partial charge in [0.15, 0.2) is 0 Å². The zero-order valence-corrected chi connectivity index (χ0v) is 23.1. The largest absolute Gasteiger partial charge is 0.322 e. The van der Waals surface area contributed by atoms with Gasteiger partial charge in [-0.2, -0.15) is 0 Å². The number of nitrogens with one attached hydrogen (secondary N) is 1. The molecule has 3 aromatic rings. The summed E-state index contributed by atoms with van der Waals surface area (Å²) in [5, 5.41) is 2.35. The molecule has 0 bridgehead atoms. The van der Waals surface area contributed by atoms with Crippen molar-refractivity contribution >= 4 is 29.3 Å². The summed E-state index contributed by atoms with van der Waals surface area (Å²) in [6.07, 6.45) is 2.38. The van der Waals surface area contributed by atoms with Crippen molar-refractivity contribution in [3.8, 4) is 0 Å². The van der Waals surface area contributed by atoms with Crippen molar-refractivity contribution < 1.29 is 23.6 Å². The summed E-state index contributed by atoms with van der Waals surface area (Å²) in [7, 11) is 0. The molecule has 0 radical (unpaired) electrons. The Hall–Kier alpha value is -4.37. The monoisotopic (exact) mass is 566 g/mol. The number of rotatable bonds is 5. The molecule has 214 valence electrons. The molecule has 2 saturated heterocycles. The van der Waals surface area contributed by atoms with Gasteiger partial charge in [-0.3, -0.25) is 29.4 Å². The van der Waals surface area contributed by atoms with Crippen LogP contribution in [0.25, 0.3) is 0 Å². The molecule has 1 unspecified atom stereocenters. The molecule has 8 nitrogen and oxygen atoms in total. The summed E-state index contributed by atoms with van der Waals surface area (Å²) in [5.74, 6) is -1.25. The van der Waals surface area contributed by atoms with Gasteiger partial charge in [0.05, 0.1) is 12.1 Å². The number of benzene rings is 3. The number of carbonyl (C=O) groups excluding carboxylic acids is 4. The molecule has 4 heterocycles. The number of amides is 4. The Labute approximate surface area is 243 Å². The Balaban J connectivity index is 0.993. The van der Waals surface area contributed by atoms with Gasteiger partial charge in [-0.1, -0.05) is 42.5 Å². The molecule has 1 N–H and O–H groups in total. The van der Waals surface area contributed by atoms with Crippen LogP contribution in [0.1, 0.15) is 74.6 Å². The van der Waals surface area contributed by atoms with Crippen LogP contribution in [0.15, 0.2) is 60.7 Å². The Morgan fingerprint density at radius 1 is 0.833 bits per heavy atom. The maximum Gasteiger partial charge on any atom is 0.261 e. The fraction of sp³-hybridized carbons (Fsp3) is 0.333. The third-order valence-electron chi connectivity index (χ3n) is 9.16. The predicted molar refractivity (Wildman–Crippen MR) is 153 cm³/mol. The van der Waals surface area contributed by atoms with Crippen molar-refractivity contribution in [3.63, 3.8) is 0 Å². The number of halogens is 1. The highest BCUT2D eigenvalue weighted by atomic mass is 19.1. The Kier molecular flexibility index (Phi) is 6.61. The smallest absolute Gasteiger partial charge is 0.261 e. The summed E-state index contributed by atoms with van der Waals surface area (Å²) in [6.45, 7) is 2.78. The first-order valence-electron chi connectivity index (χ1n) is 14.5. The number of imide groups is 1. The molecule has 7 rings (SSSR count). The molecule has 4 aliphatic rings. The summed E-state index contributed by atoms with van der Waals surface area (Å²) < 4.78 is 15.6. The van der Waals surface area contributed by atoms with E-state index in [-0.39, 0.29) is 29.7 Å². The third kappa shape index (κ3) is 4.58. The number of fused-ring (bicyclic) bond motifs is 2. The highest BCUT2D eigenvalue weighted by Gasteiger charge is 2.39. The standard InChI is InChI=1S/C33H31FN4O4/c34-30-23(7-6-22-18-37(33(42)29(22)30)25-4-2-1-3-5-25)17-36-14-12-20(13-15-36)21-8-9-26-24(16-21)19-38(32(26)41)27-10-11-28(39)35-31(27)40/h1-9,16,20,27H,10-15,17-19H2,(H,35,39,40). The van der Waals surface area contributed by atoms with Gasteiger partial charge in [0.2, 0.25) is 11.8 Å². The molecule has 9 heteroatoms. The third-order valence-corrected chi connectivity index (χ3v) is 9.16. The van der Waals surface area contributed by atoms with Crippen LogP contribution < -0.4 is 10.2 Å². The molecular weight excluding hydrogens is 535 g/mol. The second-order valence-electron chi connectivity index (χ2n) is 11.7. The second-order valence-corrected chi connectivity index (χ2v) is 11.7. The summed E-state index contributed by atoms with van der Waals surface area (Å²) in [4.78, 5) is 55.5. The van der Waals surface area contributed by atoms with Crippen LogP contribution in [0, 0.1) is 5.82 Å². The maximum absolute atomic E-state index is 15.6. The van der Waals surface area contributed by atoms with Crippen molar-refractivity contribution in [2.75, 3.05) is 18.0 Å². The van der Waals surface area contributed by atoms with Gasteiger partial charge in [0, 0.05) is 36.3 Å². The van der Waals surface area contributed by atoms with Crippen molar-refractivity contribution in [2.24, 2.45) is 0 Å². The molecule has 0 aromatic heterocycles. The minimum Gasteiger partial charge on any atom is -0.322 e. The summed E-state index contributed by atoms with van der Waals surface area (Å²) in [6, 6.07) is 18.4. The lowest BCUT2D eigenvalue weighted by atomic mass is 9.87. The molecule has 42 heavy (non-hydrogen) atoms. The fourth-order valence-electron chi connectivity index (χ4n) is 6.85. The highest BCUT2D eigenvalue weighted by Crippen LogP contribution is 2.35. The van der Waals surface area contributed by atoms with Crippen LogP contribution in [0.3, 0.4) is 0 Å². The van der Waals surface area contributed by atoms with Crippen molar-refractivity contribution in [3.05, 3.63) is 99.9 Å². The van der Waals surface area contributed by atoms with Gasteiger partial charge in [-0.25, -0.2) is 4.39 Å². The minimum atomic E-state index is -0.620. The molecule has 0 saturated carbocycles. The van der Waals surface area contributed by atoms with Crippen LogP contribution in [0.2, 0.25) is 0 Å². The van der Waals surface area contributed by atoms with Crippen LogP contribution in [0.4, 0.5) is 10.1 Å². The average molecular weight is 567 g/mol. The van der Waals surface area contributed by atoms with E-state index in [9.17, 15) is 19.2 Å². The first kappa shape index (κ1) is 26.5. The van der Waals surface area contributed by atoms with E-state index >= 15 is 4.39 Å². The number of likely N-dealkylation sites (tertiary alicyclic amines) is 1. The van der Waals surface area contributed by atoms with Gasteiger partial charge >= 0.3 is 0 Å². The molecule has 3 aromatic carbocycles. The number of hydrogen-bond acceptors (Lipinski definition) is 5. The van der Waals surface area contributed by atoms with E-state index in [4.69, 9.17) is 0 Å². The van der Waals surface area contributed by atoms with E-state index in [1.165, 1.54) is 5.56 Å². The van der Waals surface area contributed by atoms with Gasteiger partial charge < -0.3 is 9.80 Å². The normalized spacial score (nSPS) is 21.1. The van der Waals surface area contributed by atoms with E-state index in [0.29, 0.717) is 43.1 Å². The summed E-state index contributed by atoms with van der Waals surface area (Å²) >= 11 is 0. The molecule has 2 fully saturated rings. The average Bonchev–Trinajstić information content (AvgIpc) is 3.51. The number of carbonyl (C=O) groups is 4. The van der Waals surface area contributed by atoms with E-state index in [0.717, 1.165) is 42.7 Å². The highest BCUT2D eigenvalue weighted by molar-refractivity contribution is 6.10. The predicted octanol–water partition coefficient (Wildman–Crippen LogP) is 4.13. The topological polar surface area (TPSA) is 90.0 Å². The molecule has 0 aliphatic carbocycles. The lowest BCUT2D eigenvalue weighted by molar-refractivity contribution is -0.136. The van der Waals surface area contributed by atoms with E-state index < -0.39 is 17.8 Å². The van der Waals surface area contributed by atoms with Crippen LogP contribution in [-0.4, -0.2) is 52.6 Å². The number of para-hydroxylation sites is 1. The molecular formula is C33H31FN4O4. The van der Waals surface area contributed by atoms with Crippen molar-refractivity contribution in [1.82, 2.24) is 15.1 Å². The van der Waals surface area contributed by atoms with Crippen molar-refractivity contribution in [2.45, 2.75) is 57.3 Å². The SMILES string of the molecule is O=C1CCC(N2Cc3cc(C4CCN(Cc5ccc6c(c5F)C(=O)N(c5ccccc5)C6)CC4)ccc3C2=O)C(=O)N1. The molecule has 0 spiro atoms. The lowest BCUT2D eigenvalue weighted by Gasteiger charge is -2.32. The minimum absolute atomic E-state index is 0.164. The lowest BCUT2D eigenvalue weighted by Crippen LogP contribution is -2.52. The molecule has 1 atom stereocenters. The summed E-state index contributed by atoms with van der Waals surface area (Å²) in [5.41, 5.74) is 4.91. The number of hydrogen-bond donors (Lipinski definition) is 1. The zero-order chi connectivity index (χ0) is 29.0. The van der Waals surface area contributed by atoms with Gasteiger partial charge in [-0.15, -0.1) is 0 Å². The van der Waals surface area contributed by atoms with Crippen LogP contribution in [-0.2, 0) is 29.2 Å². The molecule has 4 amide bonds. The fourth-order valence-corrected chi connectivity index (χ4v) is 6.85. The Bertz CT molecular complexity index is 1620.